The summed E-state index contributed by atoms with van der Waals surface area (Å²) in [5.74, 6) is -0.466. The molecular weight excluding hydrogens is 250 g/mol. The van der Waals surface area contributed by atoms with E-state index in [0.29, 0.717) is 10.3 Å². The molecular formula is C8H6BrN3O2. The standard InChI is InChI=1S/C8H6BrN3O2/c1-14-8(13)5-4-7-10-6(9)2-3-12(7)11-5/h2-4H,1H3. The lowest BCUT2D eigenvalue weighted by molar-refractivity contribution is 0.0593. The van der Waals surface area contributed by atoms with E-state index >= 15 is 0 Å². The first-order chi connectivity index (χ1) is 6.70. The monoisotopic (exact) mass is 255 g/mol. The van der Waals surface area contributed by atoms with Crippen molar-refractivity contribution in [2.45, 2.75) is 0 Å². The minimum Gasteiger partial charge on any atom is -0.464 e. The van der Waals surface area contributed by atoms with Crippen molar-refractivity contribution in [2.24, 2.45) is 0 Å². The van der Waals surface area contributed by atoms with Crippen LogP contribution in [0.25, 0.3) is 5.65 Å². The number of hydrogen-bond acceptors (Lipinski definition) is 4. The van der Waals surface area contributed by atoms with Gasteiger partial charge in [-0.15, -0.1) is 0 Å². The number of ether oxygens (including phenoxy) is 1. The fraction of sp³-hybridized carbons (Fsp3) is 0.125. The van der Waals surface area contributed by atoms with E-state index in [9.17, 15) is 4.79 Å². The Hall–Kier alpha value is -1.43. The van der Waals surface area contributed by atoms with Gasteiger partial charge in [0.1, 0.15) is 4.60 Å². The summed E-state index contributed by atoms with van der Waals surface area (Å²) in [7, 11) is 1.32. The second-order valence-electron chi connectivity index (χ2n) is 2.57. The molecule has 2 aromatic rings. The third-order valence-electron chi connectivity index (χ3n) is 1.69. The molecule has 72 valence electrons. The van der Waals surface area contributed by atoms with Crippen LogP contribution in [0.3, 0.4) is 0 Å². The molecule has 0 radical (unpaired) electrons. The number of carbonyl (C=O) groups is 1. The Kier molecular flexibility index (Phi) is 2.20. The highest BCUT2D eigenvalue weighted by molar-refractivity contribution is 9.10. The molecule has 0 bridgehead atoms. The molecule has 0 unspecified atom stereocenters. The van der Waals surface area contributed by atoms with Gasteiger partial charge < -0.3 is 4.74 Å². The van der Waals surface area contributed by atoms with Gasteiger partial charge >= 0.3 is 5.97 Å². The summed E-state index contributed by atoms with van der Waals surface area (Å²) in [6.45, 7) is 0. The van der Waals surface area contributed by atoms with Crippen LogP contribution in [0.4, 0.5) is 0 Å². The molecule has 6 heteroatoms. The van der Waals surface area contributed by atoms with Crippen LogP contribution in [0.15, 0.2) is 22.9 Å². The molecule has 2 aromatic heterocycles. The topological polar surface area (TPSA) is 56.5 Å². The van der Waals surface area contributed by atoms with Crippen LogP contribution in [-0.4, -0.2) is 27.7 Å². The Labute approximate surface area is 87.8 Å². The number of aromatic nitrogens is 3. The summed E-state index contributed by atoms with van der Waals surface area (Å²) in [4.78, 5) is 15.3. The van der Waals surface area contributed by atoms with Gasteiger partial charge in [0.2, 0.25) is 0 Å². The van der Waals surface area contributed by atoms with Gasteiger partial charge in [-0.3, -0.25) is 0 Å². The minimum atomic E-state index is -0.466. The van der Waals surface area contributed by atoms with Crippen LogP contribution < -0.4 is 0 Å². The van der Waals surface area contributed by atoms with E-state index in [1.54, 1.807) is 18.3 Å². The molecule has 0 saturated heterocycles. The summed E-state index contributed by atoms with van der Waals surface area (Å²) >= 11 is 3.23. The molecule has 0 aromatic carbocycles. The molecule has 0 N–H and O–H groups in total. The number of carbonyl (C=O) groups excluding carboxylic acids is 1. The average molecular weight is 256 g/mol. The van der Waals surface area contributed by atoms with Crippen LogP contribution in [0.2, 0.25) is 0 Å². The van der Waals surface area contributed by atoms with Gasteiger partial charge in [0, 0.05) is 12.3 Å². The molecule has 2 heterocycles. The zero-order chi connectivity index (χ0) is 10.1. The molecule has 0 spiro atoms. The maximum Gasteiger partial charge on any atom is 0.358 e. The molecule has 0 atom stereocenters. The van der Waals surface area contributed by atoms with E-state index in [4.69, 9.17) is 0 Å². The molecule has 2 rings (SSSR count). The van der Waals surface area contributed by atoms with E-state index in [-0.39, 0.29) is 5.69 Å². The maximum atomic E-state index is 11.1. The molecule has 5 nitrogen and oxygen atoms in total. The van der Waals surface area contributed by atoms with Gasteiger partial charge in [-0.25, -0.2) is 14.3 Å². The molecule has 0 aliphatic carbocycles. The van der Waals surface area contributed by atoms with E-state index in [0.717, 1.165) is 0 Å². The molecule has 0 fully saturated rings. The van der Waals surface area contributed by atoms with Gasteiger partial charge in [-0.1, -0.05) is 0 Å². The summed E-state index contributed by atoms with van der Waals surface area (Å²) in [6, 6.07) is 3.30. The number of hydrogen-bond donors (Lipinski definition) is 0. The van der Waals surface area contributed by atoms with Gasteiger partial charge in [0.15, 0.2) is 11.3 Å². The molecule has 0 saturated carbocycles. The number of esters is 1. The number of fused-ring (bicyclic) bond motifs is 1. The Bertz CT molecular complexity index is 494. The predicted molar refractivity (Wildman–Crippen MR) is 52.0 cm³/mol. The summed E-state index contributed by atoms with van der Waals surface area (Å²) < 4.78 is 6.75. The Balaban J connectivity index is 2.56. The highest BCUT2D eigenvalue weighted by Gasteiger charge is 2.11. The summed E-state index contributed by atoms with van der Waals surface area (Å²) in [5, 5.41) is 3.98. The van der Waals surface area contributed by atoms with Crippen molar-refractivity contribution in [3.05, 3.63) is 28.6 Å². The zero-order valence-electron chi connectivity index (χ0n) is 7.27. The van der Waals surface area contributed by atoms with Crippen LogP contribution in [0.1, 0.15) is 10.5 Å². The van der Waals surface area contributed by atoms with Crippen molar-refractivity contribution in [3.8, 4) is 0 Å². The molecule has 0 aliphatic rings. The fourth-order valence-corrected chi connectivity index (χ4v) is 1.36. The maximum absolute atomic E-state index is 11.1. The Morgan fingerprint density at radius 2 is 2.43 bits per heavy atom. The zero-order valence-corrected chi connectivity index (χ0v) is 8.85. The number of halogens is 1. The van der Waals surface area contributed by atoms with Gasteiger partial charge in [0.05, 0.1) is 7.11 Å². The van der Waals surface area contributed by atoms with Crippen molar-refractivity contribution in [3.63, 3.8) is 0 Å². The minimum absolute atomic E-state index is 0.248. The lowest BCUT2D eigenvalue weighted by Gasteiger charge is -1.91. The van der Waals surface area contributed by atoms with E-state index < -0.39 is 5.97 Å². The van der Waals surface area contributed by atoms with Gasteiger partial charge in [-0.05, 0) is 22.0 Å². The van der Waals surface area contributed by atoms with Gasteiger partial charge in [-0.2, -0.15) is 5.10 Å². The van der Waals surface area contributed by atoms with E-state index in [1.807, 2.05) is 0 Å². The quantitative estimate of drug-likeness (QED) is 0.569. The smallest absolute Gasteiger partial charge is 0.358 e. The van der Waals surface area contributed by atoms with E-state index in [2.05, 4.69) is 30.7 Å². The Morgan fingerprint density at radius 1 is 1.64 bits per heavy atom. The summed E-state index contributed by atoms with van der Waals surface area (Å²) in [5.41, 5.74) is 0.845. The number of rotatable bonds is 1. The third-order valence-corrected chi connectivity index (χ3v) is 2.13. The van der Waals surface area contributed by atoms with E-state index in [1.165, 1.54) is 11.6 Å². The average Bonchev–Trinajstić information content (AvgIpc) is 2.59. The lowest BCUT2D eigenvalue weighted by atomic mass is 10.4. The van der Waals surface area contributed by atoms with Gasteiger partial charge in [0.25, 0.3) is 0 Å². The largest absolute Gasteiger partial charge is 0.464 e. The first-order valence-electron chi connectivity index (χ1n) is 3.81. The predicted octanol–water partition coefficient (Wildman–Crippen LogP) is 1.28. The molecule has 0 amide bonds. The SMILES string of the molecule is COC(=O)c1cc2nc(Br)ccn2n1. The third kappa shape index (κ3) is 1.48. The molecule has 0 aliphatic heterocycles. The van der Waals surface area contributed by atoms with Crippen molar-refractivity contribution in [1.82, 2.24) is 14.6 Å². The van der Waals surface area contributed by atoms with Crippen LogP contribution in [0, 0.1) is 0 Å². The lowest BCUT2D eigenvalue weighted by Crippen LogP contribution is -2.01. The van der Waals surface area contributed by atoms with Crippen molar-refractivity contribution in [1.29, 1.82) is 0 Å². The first-order valence-corrected chi connectivity index (χ1v) is 4.60. The summed E-state index contributed by atoms with van der Waals surface area (Å²) in [6.07, 6.45) is 1.71. The highest BCUT2D eigenvalue weighted by Crippen LogP contribution is 2.09. The Morgan fingerprint density at radius 3 is 3.14 bits per heavy atom. The van der Waals surface area contributed by atoms with Crippen molar-refractivity contribution < 1.29 is 9.53 Å². The van der Waals surface area contributed by atoms with Crippen LogP contribution in [0.5, 0.6) is 0 Å². The van der Waals surface area contributed by atoms with Crippen LogP contribution >= 0.6 is 15.9 Å². The normalized spacial score (nSPS) is 10.4. The van der Waals surface area contributed by atoms with Crippen LogP contribution in [-0.2, 0) is 4.74 Å². The highest BCUT2D eigenvalue weighted by atomic mass is 79.9. The van der Waals surface area contributed by atoms with Crippen molar-refractivity contribution >= 4 is 27.5 Å². The fourth-order valence-electron chi connectivity index (χ4n) is 1.06. The second kappa shape index (κ2) is 3.38. The number of nitrogens with zero attached hydrogens (tertiary/aromatic N) is 3. The van der Waals surface area contributed by atoms with Crippen molar-refractivity contribution in [2.75, 3.05) is 7.11 Å². The molecule has 14 heavy (non-hydrogen) atoms. The second-order valence-corrected chi connectivity index (χ2v) is 3.39. The first kappa shape index (κ1) is 9.14. The number of methoxy groups -OCH3 is 1.